The molecule has 2 N–H and O–H groups in total. The van der Waals surface area contributed by atoms with E-state index in [-0.39, 0.29) is 24.9 Å². The van der Waals surface area contributed by atoms with Crippen molar-refractivity contribution < 1.29 is 14.7 Å². The van der Waals surface area contributed by atoms with E-state index in [0.717, 1.165) is 18.4 Å². The van der Waals surface area contributed by atoms with Gasteiger partial charge in [-0.25, -0.2) is 0 Å². The summed E-state index contributed by atoms with van der Waals surface area (Å²) in [6.45, 7) is 4.08. The lowest BCUT2D eigenvalue weighted by molar-refractivity contribution is -0.122. The van der Waals surface area contributed by atoms with Crippen LogP contribution in [0, 0.1) is 0 Å². The van der Waals surface area contributed by atoms with Gasteiger partial charge in [0.2, 0.25) is 5.91 Å². The van der Waals surface area contributed by atoms with Crippen molar-refractivity contribution in [3.63, 3.8) is 0 Å². The standard InChI is InChI=1S/C17H20N2O3/c1-12-13-6-2-3-7-14(13)16(21)19(12)10-15(20)18-11-17(22)8-4-5-9-17/h2-3,6-7,22H,1,4-5,8-11H2,(H,18,20). The van der Waals surface area contributed by atoms with Gasteiger partial charge in [-0.15, -0.1) is 0 Å². The fourth-order valence-corrected chi connectivity index (χ4v) is 3.17. The number of fused-ring (bicyclic) bond motifs is 1. The molecule has 0 atom stereocenters. The van der Waals surface area contributed by atoms with E-state index in [4.69, 9.17) is 0 Å². The molecule has 1 fully saturated rings. The molecule has 0 bridgehead atoms. The fourth-order valence-electron chi connectivity index (χ4n) is 3.17. The van der Waals surface area contributed by atoms with Gasteiger partial charge >= 0.3 is 0 Å². The molecule has 0 radical (unpaired) electrons. The SMILES string of the molecule is C=C1c2ccccc2C(=O)N1CC(=O)NCC1(O)CCCC1. The molecule has 1 heterocycles. The number of nitrogens with one attached hydrogen (secondary N) is 1. The minimum absolute atomic E-state index is 0.0670. The number of aliphatic hydroxyl groups is 1. The van der Waals surface area contributed by atoms with Crippen LogP contribution in [-0.2, 0) is 4.79 Å². The maximum Gasteiger partial charge on any atom is 0.259 e. The van der Waals surface area contributed by atoms with E-state index in [1.807, 2.05) is 12.1 Å². The summed E-state index contributed by atoms with van der Waals surface area (Å²) in [4.78, 5) is 25.8. The van der Waals surface area contributed by atoms with Crippen molar-refractivity contribution in [2.45, 2.75) is 31.3 Å². The molecule has 1 saturated carbocycles. The van der Waals surface area contributed by atoms with Crippen molar-refractivity contribution in [3.8, 4) is 0 Å². The van der Waals surface area contributed by atoms with Crippen LogP contribution in [0.15, 0.2) is 30.8 Å². The summed E-state index contributed by atoms with van der Waals surface area (Å²) in [6, 6.07) is 7.20. The Bertz CT molecular complexity index is 598. The minimum atomic E-state index is -0.787. The number of rotatable bonds is 4. The van der Waals surface area contributed by atoms with Crippen LogP contribution in [0.5, 0.6) is 0 Å². The van der Waals surface area contributed by atoms with Crippen molar-refractivity contribution in [2.75, 3.05) is 13.1 Å². The zero-order chi connectivity index (χ0) is 15.7. The molecule has 1 aliphatic carbocycles. The third-order valence-electron chi connectivity index (χ3n) is 4.49. The molecular weight excluding hydrogens is 280 g/mol. The van der Waals surface area contributed by atoms with E-state index >= 15 is 0 Å². The van der Waals surface area contributed by atoms with E-state index in [2.05, 4.69) is 11.9 Å². The lowest BCUT2D eigenvalue weighted by Gasteiger charge is -2.23. The maximum atomic E-state index is 12.3. The molecule has 2 aliphatic rings. The van der Waals surface area contributed by atoms with Gasteiger partial charge in [0, 0.05) is 23.4 Å². The van der Waals surface area contributed by atoms with Crippen LogP contribution in [0.1, 0.15) is 41.6 Å². The monoisotopic (exact) mass is 300 g/mol. The molecular formula is C17H20N2O3. The molecule has 0 spiro atoms. The van der Waals surface area contributed by atoms with Gasteiger partial charge in [-0.1, -0.05) is 37.6 Å². The van der Waals surface area contributed by atoms with Crippen LogP contribution < -0.4 is 5.32 Å². The van der Waals surface area contributed by atoms with Crippen molar-refractivity contribution in [1.29, 1.82) is 0 Å². The second-order valence-electron chi connectivity index (χ2n) is 6.09. The predicted octanol–water partition coefficient (Wildman–Crippen LogP) is 1.53. The van der Waals surface area contributed by atoms with E-state index in [1.54, 1.807) is 12.1 Å². The van der Waals surface area contributed by atoms with Crippen LogP contribution in [0.2, 0.25) is 0 Å². The molecule has 5 nitrogen and oxygen atoms in total. The topological polar surface area (TPSA) is 69.6 Å². The number of carbonyl (C=O) groups excluding carboxylic acids is 2. The summed E-state index contributed by atoms with van der Waals surface area (Å²) < 4.78 is 0. The molecule has 5 heteroatoms. The first kappa shape index (κ1) is 14.8. The van der Waals surface area contributed by atoms with Gasteiger partial charge in [0.25, 0.3) is 5.91 Å². The Balaban J connectivity index is 1.61. The molecule has 22 heavy (non-hydrogen) atoms. The normalized spacial score (nSPS) is 19.4. The summed E-state index contributed by atoms with van der Waals surface area (Å²) in [6.07, 6.45) is 3.41. The van der Waals surface area contributed by atoms with Gasteiger partial charge in [-0.05, 0) is 18.9 Å². The Kier molecular flexibility index (Phi) is 3.74. The predicted molar refractivity (Wildman–Crippen MR) is 82.9 cm³/mol. The first-order chi connectivity index (χ1) is 10.5. The van der Waals surface area contributed by atoms with Crippen LogP contribution in [-0.4, -0.2) is 40.5 Å². The van der Waals surface area contributed by atoms with Crippen LogP contribution in [0.3, 0.4) is 0 Å². The van der Waals surface area contributed by atoms with Crippen molar-refractivity contribution >= 4 is 17.5 Å². The highest BCUT2D eigenvalue weighted by atomic mass is 16.3. The third-order valence-corrected chi connectivity index (χ3v) is 4.49. The average molecular weight is 300 g/mol. The lowest BCUT2D eigenvalue weighted by Crippen LogP contribution is -2.44. The van der Waals surface area contributed by atoms with E-state index in [9.17, 15) is 14.7 Å². The van der Waals surface area contributed by atoms with Gasteiger partial charge in [0.1, 0.15) is 6.54 Å². The molecule has 1 aromatic carbocycles. The average Bonchev–Trinajstić information content (AvgIpc) is 3.05. The number of amides is 2. The Labute approximate surface area is 129 Å². The highest BCUT2D eigenvalue weighted by molar-refractivity contribution is 6.10. The largest absolute Gasteiger partial charge is 0.388 e. The van der Waals surface area contributed by atoms with E-state index in [0.29, 0.717) is 24.1 Å². The molecule has 0 saturated heterocycles. The smallest absolute Gasteiger partial charge is 0.259 e. The summed E-state index contributed by atoms with van der Waals surface area (Å²) in [5, 5.41) is 13.0. The molecule has 0 aromatic heterocycles. The second-order valence-corrected chi connectivity index (χ2v) is 6.09. The van der Waals surface area contributed by atoms with Crippen molar-refractivity contribution in [2.24, 2.45) is 0 Å². The van der Waals surface area contributed by atoms with Crippen LogP contribution in [0.4, 0.5) is 0 Å². The number of hydrogen-bond acceptors (Lipinski definition) is 3. The Morgan fingerprint density at radius 3 is 2.55 bits per heavy atom. The highest BCUT2D eigenvalue weighted by Gasteiger charge is 2.34. The maximum absolute atomic E-state index is 12.3. The number of benzene rings is 1. The Hall–Kier alpha value is -2.14. The van der Waals surface area contributed by atoms with Crippen LogP contribution in [0.25, 0.3) is 5.70 Å². The quantitative estimate of drug-likeness (QED) is 0.886. The zero-order valence-corrected chi connectivity index (χ0v) is 12.5. The van der Waals surface area contributed by atoms with Crippen molar-refractivity contribution in [3.05, 3.63) is 42.0 Å². The first-order valence-corrected chi connectivity index (χ1v) is 7.59. The molecule has 0 unspecified atom stereocenters. The minimum Gasteiger partial charge on any atom is -0.388 e. The van der Waals surface area contributed by atoms with Crippen LogP contribution >= 0.6 is 0 Å². The Morgan fingerprint density at radius 1 is 1.27 bits per heavy atom. The third kappa shape index (κ3) is 2.64. The fraction of sp³-hybridized carbons (Fsp3) is 0.412. The lowest BCUT2D eigenvalue weighted by atomic mass is 10.0. The van der Waals surface area contributed by atoms with Gasteiger partial charge < -0.3 is 10.4 Å². The summed E-state index contributed by atoms with van der Waals surface area (Å²) in [5.41, 5.74) is 1.12. The van der Waals surface area contributed by atoms with E-state index in [1.165, 1.54) is 4.90 Å². The molecule has 1 aliphatic heterocycles. The number of nitrogens with zero attached hydrogens (tertiary/aromatic N) is 1. The van der Waals surface area contributed by atoms with Gasteiger partial charge in [0.15, 0.2) is 0 Å². The molecule has 1 aromatic rings. The number of hydrogen-bond donors (Lipinski definition) is 2. The molecule has 2 amide bonds. The second kappa shape index (κ2) is 5.57. The highest BCUT2D eigenvalue weighted by Crippen LogP contribution is 2.31. The Morgan fingerprint density at radius 2 is 1.91 bits per heavy atom. The van der Waals surface area contributed by atoms with Gasteiger partial charge in [-0.2, -0.15) is 0 Å². The van der Waals surface area contributed by atoms with E-state index < -0.39 is 5.60 Å². The molecule has 3 rings (SSSR count). The molecule has 116 valence electrons. The van der Waals surface area contributed by atoms with Crippen molar-refractivity contribution in [1.82, 2.24) is 10.2 Å². The summed E-state index contributed by atoms with van der Waals surface area (Å²) in [5.74, 6) is -0.474. The van der Waals surface area contributed by atoms with Gasteiger partial charge in [0.05, 0.1) is 5.60 Å². The summed E-state index contributed by atoms with van der Waals surface area (Å²) >= 11 is 0. The number of carbonyl (C=O) groups is 2. The first-order valence-electron chi connectivity index (χ1n) is 7.59. The summed E-state index contributed by atoms with van der Waals surface area (Å²) in [7, 11) is 0. The van der Waals surface area contributed by atoms with Gasteiger partial charge in [-0.3, -0.25) is 14.5 Å². The zero-order valence-electron chi connectivity index (χ0n) is 12.5.